The van der Waals surface area contributed by atoms with Crippen LogP contribution in [0.25, 0.3) is 0 Å². The van der Waals surface area contributed by atoms with E-state index in [1.54, 1.807) is 36.1 Å². The Morgan fingerprint density at radius 1 is 1.15 bits per heavy atom. The summed E-state index contributed by atoms with van der Waals surface area (Å²) >= 11 is 0. The molecule has 2 N–H and O–H groups in total. The maximum Gasteiger partial charge on any atom is 0.254 e. The minimum Gasteiger partial charge on any atom is -0.350 e. The van der Waals surface area contributed by atoms with E-state index in [2.05, 4.69) is 15.7 Å². The minimum absolute atomic E-state index is 0.0134. The van der Waals surface area contributed by atoms with Crippen LogP contribution in [0.1, 0.15) is 42.0 Å². The summed E-state index contributed by atoms with van der Waals surface area (Å²) in [7, 11) is 0. The first-order valence-corrected chi connectivity index (χ1v) is 8.95. The van der Waals surface area contributed by atoms with Gasteiger partial charge >= 0.3 is 0 Å². The van der Waals surface area contributed by atoms with Gasteiger partial charge in [-0.3, -0.25) is 19.1 Å². The first kappa shape index (κ1) is 18.6. The molecule has 0 bridgehead atoms. The van der Waals surface area contributed by atoms with Crippen molar-refractivity contribution in [1.82, 2.24) is 20.0 Å². The van der Waals surface area contributed by atoms with Crippen LogP contribution in [-0.2, 0) is 29.2 Å². The average molecular weight is 369 g/mol. The maximum absolute atomic E-state index is 12.8. The van der Waals surface area contributed by atoms with Gasteiger partial charge in [0.15, 0.2) is 0 Å². The number of hydrogen-bond acceptors (Lipinski definition) is 4. The van der Waals surface area contributed by atoms with Gasteiger partial charge in [0.05, 0.1) is 31.0 Å². The van der Waals surface area contributed by atoms with Gasteiger partial charge in [0.25, 0.3) is 5.91 Å². The van der Waals surface area contributed by atoms with Gasteiger partial charge in [-0.25, -0.2) is 0 Å². The fraction of sp³-hybridized carbons (Fsp3) is 0.368. The molecule has 0 radical (unpaired) electrons. The van der Waals surface area contributed by atoms with Crippen molar-refractivity contribution < 1.29 is 14.4 Å². The highest BCUT2D eigenvalue weighted by Gasteiger charge is 2.23. The summed E-state index contributed by atoms with van der Waals surface area (Å²) in [4.78, 5) is 37.0. The molecule has 0 fully saturated rings. The van der Waals surface area contributed by atoms with Crippen LogP contribution in [0.2, 0.25) is 0 Å². The van der Waals surface area contributed by atoms with Crippen molar-refractivity contribution in [2.75, 3.05) is 11.9 Å². The molecule has 142 valence electrons. The number of benzene rings is 1. The van der Waals surface area contributed by atoms with Gasteiger partial charge in [-0.05, 0) is 30.3 Å². The molecule has 0 aliphatic carbocycles. The lowest BCUT2D eigenvalue weighted by molar-refractivity contribution is -0.121. The maximum atomic E-state index is 12.8. The molecule has 0 saturated carbocycles. The first-order chi connectivity index (χ1) is 13.0. The summed E-state index contributed by atoms with van der Waals surface area (Å²) in [5.74, 6) is -0.220. The standard InChI is InChI=1S/C19H23N5O3/c1-3-18(26)20-11-16-10-17-12-23(8-9-24(17)22-16)19(27)14-4-6-15(7-5-14)21-13(2)25/h4-7,10H,3,8-9,11-12H2,1-2H3,(H,20,26)(H,21,25). The number of rotatable bonds is 5. The number of hydrogen-bond donors (Lipinski definition) is 2. The summed E-state index contributed by atoms with van der Waals surface area (Å²) < 4.78 is 1.89. The molecule has 2 heterocycles. The Hall–Kier alpha value is -3.16. The second kappa shape index (κ2) is 8.03. The van der Waals surface area contributed by atoms with Crippen LogP contribution in [0, 0.1) is 0 Å². The summed E-state index contributed by atoms with van der Waals surface area (Å²) in [5.41, 5.74) is 2.98. The third-order valence-corrected chi connectivity index (χ3v) is 4.38. The Morgan fingerprint density at radius 3 is 2.56 bits per heavy atom. The van der Waals surface area contributed by atoms with E-state index in [1.165, 1.54) is 6.92 Å². The minimum atomic E-state index is -0.149. The number of fused-ring (bicyclic) bond motifs is 1. The topological polar surface area (TPSA) is 96.3 Å². The molecule has 1 aliphatic heterocycles. The number of aromatic nitrogens is 2. The van der Waals surface area contributed by atoms with Crippen molar-refractivity contribution in [3.8, 4) is 0 Å². The van der Waals surface area contributed by atoms with Crippen LogP contribution in [0.5, 0.6) is 0 Å². The van der Waals surface area contributed by atoms with Gasteiger partial charge in [-0.2, -0.15) is 5.10 Å². The van der Waals surface area contributed by atoms with Gasteiger partial charge in [0, 0.05) is 31.1 Å². The summed E-state index contributed by atoms with van der Waals surface area (Å²) in [5, 5.41) is 9.98. The Labute approximate surface area is 157 Å². The molecule has 1 aliphatic rings. The van der Waals surface area contributed by atoms with E-state index in [4.69, 9.17) is 0 Å². The lowest BCUT2D eigenvalue weighted by Gasteiger charge is -2.27. The zero-order valence-corrected chi connectivity index (χ0v) is 15.5. The quantitative estimate of drug-likeness (QED) is 0.835. The molecule has 0 saturated heterocycles. The number of amides is 3. The molecule has 0 atom stereocenters. The van der Waals surface area contributed by atoms with Crippen LogP contribution in [0.15, 0.2) is 30.3 Å². The zero-order valence-electron chi connectivity index (χ0n) is 15.5. The Morgan fingerprint density at radius 2 is 1.89 bits per heavy atom. The van der Waals surface area contributed by atoms with Crippen molar-refractivity contribution in [3.63, 3.8) is 0 Å². The monoisotopic (exact) mass is 369 g/mol. The van der Waals surface area contributed by atoms with E-state index >= 15 is 0 Å². The SMILES string of the molecule is CCC(=O)NCc1cc2n(n1)CCN(C(=O)c1ccc(NC(C)=O)cc1)C2. The van der Waals surface area contributed by atoms with E-state index in [1.807, 2.05) is 10.7 Å². The van der Waals surface area contributed by atoms with E-state index in [-0.39, 0.29) is 17.7 Å². The fourth-order valence-electron chi connectivity index (χ4n) is 2.98. The summed E-state index contributed by atoms with van der Waals surface area (Å²) in [6.07, 6.45) is 0.441. The molecule has 2 aromatic rings. The van der Waals surface area contributed by atoms with Crippen LogP contribution >= 0.6 is 0 Å². The second-order valence-corrected chi connectivity index (χ2v) is 6.47. The lowest BCUT2D eigenvalue weighted by atomic mass is 10.1. The van der Waals surface area contributed by atoms with Crippen LogP contribution in [0.3, 0.4) is 0 Å². The van der Waals surface area contributed by atoms with Crippen LogP contribution < -0.4 is 10.6 Å². The number of nitrogens with one attached hydrogen (secondary N) is 2. The molecule has 27 heavy (non-hydrogen) atoms. The number of anilines is 1. The summed E-state index contributed by atoms with van der Waals surface area (Å²) in [6, 6.07) is 8.79. The Bertz CT molecular complexity index is 857. The largest absolute Gasteiger partial charge is 0.350 e. The van der Waals surface area contributed by atoms with Crippen molar-refractivity contribution in [2.24, 2.45) is 0 Å². The van der Waals surface area contributed by atoms with E-state index in [0.29, 0.717) is 43.9 Å². The number of carbonyl (C=O) groups is 3. The normalized spacial score (nSPS) is 13.0. The fourth-order valence-corrected chi connectivity index (χ4v) is 2.98. The molecule has 8 heteroatoms. The third kappa shape index (κ3) is 4.52. The average Bonchev–Trinajstić information content (AvgIpc) is 3.07. The lowest BCUT2D eigenvalue weighted by Crippen LogP contribution is -2.38. The van der Waals surface area contributed by atoms with Gasteiger partial charge < -0.3 is 15.5 Å². The first-order valence-electron chi connectivity index (χ1n) is 8.95. The van der Waals surface area contributed by atoms with E-state index < -0.39 is 0 Å². The number of carbonyl (C=O) groups excluding carboxylic acids is 3. The van der Waals surface area contributed by atoms with Crippen molar-refractivity contribution in [3.05, 3.63) is 47.3 Å². The highest BCUT2D eigenvalue weighted by Crippen LogP contribution is 2.18. The Kier molecular flexibility index (Phi) is 5.54. The smallest absolute Gasteiger partial charge is 0.254 e. The highest BCUT2D eigenvalue weighted by atomic mass is 16.2. The van der Waals surface area contributed by atoms with Crippen molar-refractivity contribution in [2.45, 2.75) is 39.9 Å². The van der Waals surface area contributed by atoms with Gasteiger partial charge in [0.2, 0.25) is 11.8 Å². The number of nitrogens with zero attached hydrogens (tertiary/aromatic N) is 3. The van der Waals surface area contributed by atoms with Crippen molar-refractivity contribution in [1.29, 1.82) is 0 Å². The molecular formula is C19H23N5O3. The zero-order chi connectivity index (χ0) is 19.4. The van der Waals surface area contributed by atoms with E-state index in [0.717, 1.165) is 11.4 Å². The molecule has 8 nitrogen and oxygen atoms in total. The molecule has 0 spiro atoms. The Balaban J connectivity index is 1.64. The summed E-state index contributed by atoms with van der Waals surface area (Å²) in [6.45, 7) is 5.30. The van der Waals surface area contributed by atoms with Gasteiger partial charge in [-0.1, -0.05) is 6.92 Å². The molecule has 1 aromatic heterocycles. The predicted molar refractivity (Wildman–Crippen MR) is 99.9 cm³/mol. The van der Waals surface area contributed by atoms with Crippen LogP contribution in [-0.4, -0.2) is 38.9 Å². The molecule has 3 rings (SSSR count). The predicted octanol–water partition coefficient (Wildman–Crippen LogP) is 1.52. The van der Waals surface area contributed by atoms with E-state index in [9.17, 15) is 14.4 Å². The molecule has 0 unspecified atom stereocenters. The van der Waals surface area contributed by atoms with Gasteiger partial charge in [0.1, 0.15) is 0 Å². The van der Waals surface area contributed by atoms with Crippen LogP contribution in [0.4, 0.5) is 5.69 Å². The molecule has 3 amide bonds. The molecular weight excluding hydrogens is 346 g/mol. The third-order valence-electron chi connectivity index (χ3n) is 4.38. The second-order valence-electron chi connectivity index (χ2n) is 6.47. The molecule has 1 aromatic carbocycles. The van der Waals surface area contributed by atoms with Crippen molar-refractivity contribution >= 4 is 23.4 Å². The van der Waals surface area contributed by atoms with Gasteiger partial charge in [-0.15, -0.1) is 0 Å². The highest BCUT2D eigenvalue weighted by molar-refractivity contribution is 5.95.